The first-order valence-corrected chi connectivity index (χ1v) is 7.13. The van der Waals surface area contributed by atoms with Gasteiger partial charge in [0.15, 0.2) is 0 Å². The molecule has 0 spiro atoms. The van der Waals surface area contributed by atoms with E-state index >= 15 is 0 Å². The van der Waals surface area contributed by atoms with E-state index in [2.05, 4.69) is 11.8 Å². The van der Waals surface area contributed by atoms with E-state index in [4.69, 9.17) is 0 Å². The molecule has 0 bridgehead atoms. The van der Waals surface area contributed by atoms with Gasteiger partial charge in [-0.2, -0.15) is 0 Å². The number of aliphatic hydroxyl groups is 1. The molecule has 2 fully saturated rings. The van der Waals surface area contributed by atoms with Gasteiger partial charge in [-0.15, -0.1) is 0 Å². The maximum Gasteiger partial charge on any atom is 0.236 e. The van der Waals surface area contributed by atoms with Crippen LogP contribution in [0.5, 0.6) is 0 Å². The average molecular weight is 254 g/mol. The Morgan fingerprint density at radius 1 is 1.44 bits per heavy atom. The van der Waals surface area contributed by atoms with Gasteiger partial charge in [-0.3, -0.25) is 9.69 Å². The number of amides is 1. The van der Waals surface area contributed by atoms with Gasteiger partial charge < -0.3 is 10.0 Å². The van der Waals surface area contributed by atoms with Crippen molar-refractivity contribution in [1.29, 1.82) is 0 Å². The minimum absolute atomic E-state index is 0.229. The molecule has 1 N–H and O–H groups in total. The number of piperidine rings is 1. The number of nitrogens with zero attached hydrogens (tertiary/aromatic N) is 2. The predicted octanol–water partition coefficient (Wildman–Crippen LogP) is 0.948. The second-order valence-electron chi connectivity index (χ2n) is 6.49. The Labute approximate surface area is 110 Å². The monoisotopic (exact) mass is 254 g/mol. The van der Waals surface area contributed by atoms with Crippen LogP contribution in [0.15, 0.2) is 0 Å². The fourth-order valence-corrected chi connectivity index (χ4v) is 2.91. The van der Waals surface area contributed by atoms with Gasteiger partial charge in [-0.1, -0.05) is 20.8 Å². The third kappa shape index (κ3) is 2.86. The van der Waals surface area contributed by atoms with Crippen LogP contribution in [0.1, 0.15) is 33.6 Å². The Hall–Kier alpha value is -0.610. The minimum atomic E-state index is -0.574. The predicted molar refractivity (Wildman–Crippen MR) is 71.2 cm³/mol. The van der Waals surface area contributed by atoms with Gasteiger partial charge >= 0.3 is 0 Å². The van der Waals surface area contributed by atoms with Crippen LogP contribution >= 0.6 is 0 Å². The summed E-state index contributed by atoms with van der Waals surface area (Å²) in [4.78, 5) is 16.2. The normalized spacial score (nSPS) is 28.3. The summed E-state index contributed by atoms with van der Waals surface area (Å²) in [5.41, 5.74) is -0.574. The summed E-state index contributed by atoms with van der Waals surface area (Å²) in [7, 11) is 0. The molecule has 0 aromatic heterocycles. The maximum absolute atomic E-state index is 12.1. The molecule has 0 saturated carbocycles. The lowest BCUT2D eigenvalue weighted by Gasteiger charge is -2.49. The van der Waals surface area contributed by atoms with Gasteiger partial charge in [0.05, 0.1) is 12.1 Å². The Morgan fingerprint density at radius 3 is 2.67 bits per heavy atom. The van der Waals surface area contributed by atoms with E-state index in [1.165, 1.54) is 6.42 Å². The third-order valence-corrected chi connectivity index (χ3v) is 4.44. The summed E-state index contributed by atoms with van der Waals surface area (Å²) < 4.78 is 0. The van der Waals surface area contributed by atoms with E-state index in [0.717, 1.165) is 19.5 Å². The number of hydrogen-bond acceptors (Lipinski definition) is 3. The molecule has 2 saturated heterocycles. The number of rotatable bonds is 3. The highest BCUT2D eigenvalue weighted by molar-refractivity contribution is 5.78. The summed E-state index contributed by atoms with van der Waals surface area (Å²) in [6, 6.07) is 0. The summed E-state index contributed by atoms with van der Waals surface area (Å²) in [5.74, 6) is 1.12. The third-order valence-electron chi connectivity index (χ3n) is 4.44. The van der Waals surface area contributed by atoms with Crippen LogP contribution in [0, 0.1) is 11.8 Å². The van der Waals surface area contributed by atoms with Gasteiger partial charge in [0, 0.05) is 26.2 Å². The highest BCUT2D eigenvalue weighted by Crippen LogP contribution is 2.28. The fraction of sp³-hybridized carbons (Fsp3) is 0.929. The molecule has 18 heavy (non-hydrogen) atoms. The van der Waals surface area contributed by atoms with Gasteiger partial charge in [0.1, 0.15) is 0 Å². The van der Waals surface area contributed by atoms with Crippen LogP contribution in [-0.2, 0) is 4.79 Å². The highest BCUT2D eigenvalue weighted by Gasteiger charge is 2.44. The van der Waals surface area contributed by atoms with Gasteiger partial charge in [-0.25, -0.2) is 0 Å². The fourth-order valence-electron chi connectivity index (χ4n) is 2.91. The Morgan fingerprint density at radius 2 is 2.11 bits per heavy atom. The first kappa shape index (κ1) is 13.8. The largest absolute Gasteiger partial charge is 0.387 e. The zero-order chi connectivity index (χ0) is 13.3. The lowest BCUT2D eigenvalue weighted by atomic mass is 9.83. The molecule has 0 aromatic carbocycles. The van der Waals surface area contributed by atoms with Crippen molar-refractivity contribution in [2.24, 2.45) is 11.8 Å². The zero-order valence-electron chi connectivity index (χ0n) is 11.9. The number of carbonyl (C=O) groups excluding carboxylic acids is 1. The Bertz CT molecular complexity index is 311. The number of hydrogen-bond donors (Lipinski definition) is 1. The number of carbonyl (C=O) groups is 1. The molecule has 1 atom stereocenters. The van der Waals surface area contributed by atoms with Crippen molar-refractivity contribution < 1.29 is 9.90 Å². The van der Waals surface area contributed by atoms with Crippen LogP contribution in [0.4, 0.5) is 0 Å². The topological polar surface area (TPSA) is 43.8 Å². The molecule has 4 heteroatoms. The molecule has 0 aliphatic carbocycles. The van der Waals surface area contributed by atoms with E-state index in [1.54, 1.807) is 0 Å². The molecular formula is C14H26N2O2. The lowest BCUT2D eigenvalue weighted by Crippen LogP contribution is -2.66. The number of β-amino-alcohol motifs (C(OH)–C–C–N with tert-alkyl or cyclic N) is 1. The van der Waals surface area contributed by atoms with Crippen molar-refractivity contribution in [3.05, 3.63) is 0 Å². The van der Waals surface area contributed by atoms with E-state index in [9.17, 15) is 9.90 Å². The first-order chi connectivity index (χ1) is 8.40. The van der Waals surface area contributed by atoms with Gasteiger partial charge in [0.2, 0.25) is 5.91 Å². The molecular weight excluding hydrogens is 228 g/mol. The molecule has 1 unspecified atom stereocenters. The van der Waals surface area contributed by atoms with Crippen LogP contribution in [0.2, 0.25) is 0 Å². The average Bonchev–Trinajstić information content (AvgIpc) is 2.26. The van der Waals surface area contributed by atoms with E-state index in [1.807, 2.05) is 18.7 Å². The Kier molecular flexibility index (Phi) is 3.97. The highest BCUT2D eigenvalue weighted by atomic mass is 16.3. The molecule has 0 radical (unpaired) electrons. The summed E-state index contributed by atoms with van der Waals surface area (Å²) >= 11 is 0. The lowest BCUT2D eigenvalue weighted by molar-refractivity contribution is -0.150. The molecule has 104 valence electrons. The van der Waals surface area contributed by atoms with Crippen LogP contribution < -0.4 is 0 Å². The molecule has 1 amide bonds. The zero-order valence-corrected chi connectivity index (χ0v) is 11.9. The van der Waals surface area contributed by atoms with Crippen molar-refractivity contribution in [1.82, 2.24) is 9.80 Å². The Balaban J connectivity index is 1.76. The summed E-state index contributed by atoms with van der Waals surface area (Å²) in [6.07, 6.45) is 2.36. The standard InChI is InChI=1S/C14H26N2O2/c1-11(2)14(18)9-15(10-14)8-13(17)16-6-4-5-12(3)7-16/h11-12,18H,4-10H2,1-3H3. The van der Waals surface area contributed by atoms with Crippen molar-refractivity contribution >= 4 is 5.91 Å². The second-order valence-corrected chi connectivity index (χ2v) is 6.49. The van der Waals surface area contributed by atoms with E-state index < -0.39 is 5.60 Å². The first-order valence-electron chi connectivity index (χ1n) is 7.13. The van der Waals surface area contributed by atoms with Crippen LogP contribution in [0.25, 0.3) is 0 Å². The van der Waals surface area contributed by atoms with E-state index in [0.29, 0.717) is 25.6 Å². The molecule has 0 aromatic rings. The van der Waals surface area contributed by atoms with Crippen LogP contribution in [0.3, 0.4) is 0 Å². The van der Waals surface area contributed by atoms with E-state index in [-0.39, 0.29) is 11.8 Å². The van der Waals surface area contributed by atoms with Crippen molar-refractivity contribution in [3.8, 4) is 0 Å². The van der Waals surface area contributed by atoms with Gasteiger partial charge in [0.25, 0.3) is 0 Å². The SMILES string of the molecule is CC1CCCN(C(=O)CN2CC(O)(C(C)C)C2)C1. The molecule has 2 aliphatic heterocycles. The summed E-state index contributed by atoms with van der Waals surface area (Å²) in [5, 5.41) is 10.2. The van der Waals surface area contributed by atoms with Crippen molar-refractivity contribution in [2.75, 3.05) is 32.7 Å². The van der Waals surface area contributed by atoms with Gasteiger partial charge in [-0.05, 0) is 24.7 Å². The van der Waals surface area contributed by atoms with Crippen LogP contribution in [-0.4, -0.2) is 59.1 Å². The number of likely N-dealkylation sites (tertiary alicyclic amines) is 2. The molecule has 2 aliphatic rings. The second kappa shape index (κ2) is 5.17. The van der Waals surface area contributed by atoms with Crippen molar-refractivity contribution in [2.45, 2.75) is 39.2 Å². The summed E-state index contributed by atoms with van der Waals surface area (Å²) in [6.45, 7) is 9.84. The maximum atomic E-state index is 12.1. The molecule has 2 rings (SSSR count). The minimum Gasteiger partial charge on any atom is -0.387 e. The molecule has 2 heterocycles. The molecule has 4 nitrogen and oxygen atoms in total. The quantitative estimate of drug-likeness (QED) is 0.815. The smallest absolute Gasteiger partial charge is 0.236 e. The van der Waals surface area contributed by atoms with Crippen molar-refractivity contribution in [3.63, 3.8) is 0 Å².